The van der Waals surface area contributed by atoms with Crippen LogP contribution >= 0.6 is 0 Å². The molecule has 1 fully saturated rings. The molecule has 4 rings (SSSR count). The van der Waals surface area contributed by atoms with Crippen LogP contribution in [0.1, 0.15) is 27.9 Å². The Bertz CT molecular complexity index is 1250. The Morgan fingerprint density at radius 1 is 1.03 bits per heavy atom. The number of benzene rings is 2. The molecule has 6 nitrogen and oxygen atoms in total. The van der Waals surface area contributed by atoms with Gasteiger partial charge in [0, 0.05) is 45.0 Å². The van der Waals surface area contributed by atoms with E-state index in [2.05, 4.69) is 45.5 Å². The van der Waals surface area contributed by atoms with Gasteiger partial charge in [-0.2, -0.15) is 5.26 Å². The number of piperazine rings is 1. The summed E-state index contributed by atoms with van der Waals surface area (Å²) in [5.41, 5.74) is 4.31. The molecule has 0 bridgehead atoms. The summed E-state index contributed by atoms with van der Waals surface area (Å²) in [5.74, 6) is 0.0750. The van der Waals surface area contributed by atoms with E-state index in [-0.39, 0.29) is 18.3 Å². The summed E-state index contributed by atoms with van der Waals surface area (Å²) < 4.78 is 15.3. The van der Waals surface area contributed by atoms with Gasteiger partial charge < -0.3 is 9.88 Å². The van der Waals surface area contributed by atoms with Crippen LogP contribution in [0.2, 0.25) is 0 Å². The van der Waals surface area contributed by atoms with E-state index in [1.165, 1.54) is 17.7 Å². The lowest BCUT2D eigenvalue weighted by Gasteiger charge is -2.33. The number of carbonyl (C=O) groups excluding carboxylic acids is 1. The molecule has 7 heteroatoms. The van der Waals surface area contributed by atoms with E-state index >= 15 is 0 Å². The Balaban J connectivity index is 1.34. The van der Waals surface area contributed by atoms with Crippen molar-refractivity contribution in [2.45, 2.75) is 20.4 Å². The minimum Gasteiger partial charge on any atom is -0.326 e. The van der Waals surface area contributed by atoms with Crippen molar-refractivity contribution >= 4 is 17.8 Å². The lowest BCUT2D eigenvalue weighted by atomic mass is 10.2. The Labute approximate surface area is 212 Å². The molecule has 1 N–H and O–H groups in total. The third-order valence-corrected chi connectivity index (χ3v) is 6.76. The second kappa shape index (κ2) is 11.8. The van der Waals surface area contributed by atoms with E-state index in [4.69, 9.17) is 0 Å². The van der Waals surface area contributed by atoms with Crippen molar-refractivity contribution in [3.05, 3.63) is 94.4 Å². The normalized spacial score (nSPS) is 14.7. The van der Waals surface area contributed by atoms with Crippen LogP contribution in [0.15, 0.2) is 60.7 Å². The van der Waals surface area contributed by atoms with Crippen molar-refractivity contribution in [3.8, 4) is 6.07 Å². The minimum atomic E-state index is -0.294. The van der Waals surface area contributed by atoms with E-state index in [1.54, 1.807) is 12.1 Å². The van der Waals surface area contributed by atoms with Gasteiger partial charge in [-0.3, -0.25) is 14.6 Å². The second-order valence-corrected chi connectivity index (χ2v) is 9.20. The van der Waals surface area contributed by atoms with Crippen molar-refractivity contribution in [1.82, 2.24) is 14.4 Å². The number of hydrogen-bond donors (Lipinski definition) is 1. The smallest absolute Gasteiger partial charge is 0.239 e. The number of rotatable bonds is 8. The van der Waals surface area contributed by atoms with Crippen molar-refractivity contribution in [2.24, 2.45) is 0 Å². The van der Waals surface area contributed by atoms with Gasteiger partial charge in [-0.15, -0.1) is 0 Å². The maximum absolute atomic E-state index is 13.3. The monoisotopic (exact) mass is 485 g/mol. The van der Waals surface area contributed by atoms with Gasteiger partial charge in [-0.1, -0.05) is 54.6 Å². The molecule has 1 saturated heterocycles. The molecule has 0 saturated carbocycles. The van der Waals surface area contributed by atoms with Gasteiger partial charge in [0.1, 0.15) is 17.7 Å². The highest BCUT2D eigenvalue weighted by molar-refractivity contribution is 5.93. The van der Waals surface area contributed by atoms with E-state index in [9.17, 15) is 14.4 Å². The third kappa shape index (κ3) is 6.28. The molecule has 1 aromatic heterocycles. The number of aromatic nitrogens is 1. The molecule has 1 aliphatic rings. The van der Waals surface area contributed by atoms with Crippen molar-refractivity contribution in [3.63, 3.8) is 0 Å². The van der Waals surface area contributed by atoms with Crippen LogP contribution in [0.25, 0.3) is 6.08 Å². The molecular weight excluding hydrogens is 453 g/mol. The lowest BCUT2D eigenvalue weighted by Crippen LogP contribution is -2.48. The highest BCUT2D eigenvalue weighted by atomic mass is 19.1. The molecule has 1 amide bonds. The van der Waals surface area contributed by atoms with Gasteiger partial charge in [-0.25, -0.2) is 4.39 Å². The molecule has 0 unspecified atom stereocenters. The summed E-state index contributed by atoms with van der Waals surface area (Å²) in [6.07, 6.45) is 4.32. The molecular formula is C29H32FN5O. The first-order chi connectivity index (χ1) is 17.4. The summed E-state index contributed by atoms with van der Waals surface area (Å²) >= 11 is 0. The van der Waals surface area contributed by atoms with Crippen LogP contribution in [-0.2, 0) is 11.3 Å². The molecule has 1 aliphatic heterocycles. The molecule has 2 heterocycles. The lowest BCUT2D eigenvalue weighted by molar-refractivity contribution is -0.117. The highest BCUT2D eigenvalue weighted by Gasteiger charge is 2.22. The number of nitrogens with one attached hydrogen (secondary N) is 1. The molecule has 2 aromatic carbocycles. The fourth-order valence-corrected chi connectivity index (χ4v) is 4.51. The fraction of sp³-hybridized carbons (Fsp3) is 0.310. The van der Waals surface area contributed by atoms with Crippen LogP contribution in [0.5, 0.6) is 0 Å². The first-order valence-corrected chi connectivity index (χ1v) is 12.2. The summed E-state index contributed by atoms with van der Waals surface area (Å²) in [7, 11) is 0. The topological polar surface area (TPSA) is 64.3 Å². The molecule has 0 radical (unpaired) electrons. The zero-order valence-electron chi connectivity index (χ0n) is 20.9. The largest absolute Gasteiger partial charge is 0.326 e. The molecule has 0 atom stereocenters. The number of hydrogen-bond acceptors (Lipinski definition) is 4. The van der Waals surface area contributed by atoms with Crippen molar-refractivity contribution in [1.29, 1.82) is 5.26 Å². The summed E-state index contributed by atoms with van der Waals surface area (Å²) in [4.78, 5) is 17.5. The predicted octanol–water partition coefficient (Wildman–Crippen LogP) is 4.43. The van der Waals surface area contributed by atoms with E-state index in [0.29, 0.717) is 17.9 Å². The predicted molar refractivity (Wildman–Crippen MR) is 141 cm³/mol. The molecule has 0 aliphatic carbocycles. The average Bonchev–Trinajstić information content (AvgIpc) is 3.10. The maximum atomic E-state index is 13.3. The SMILES string of the molecule is Cc1c(C#N)c(NC(=O)CN2CCN(C/C=C/c3ccccc3)CC2)n(Cc2ccc(F)cc2)c1C. The zero-order valence-corrected chi connectivity index (χ0v) is 20.9. The molecule has 186 valence electrons. The summed E-state index contributed by atoms with van der Waals surface area (Å²) in [6.45, 7) is 8.84. The summed E-state index contributed by atoms with van der Waals surface area (Å²) in [6, 6.07) is 18.8. The van der Waals surface area contributed by atoms with Gasteiger partial charge in [0.2, 0.25) is 5.91 Å². The molecule has 3 aromatic rings. The first kappa shape index (κ1) is 25.4. The van der Waals surface area contributed by atoms with Crippen LogP contribution in [-0.4, -0.2) is 59.5 Å². The van der Waals surface area contributed by atoms with Crippen LogP contribution in [0, 0.1) is 31.0 Å². The number of nitrogens with zero attached hydrogens (tertiary/aromatic N) is 4. The Morgan fingerprint density at radius 2 is 1.69 bits per heavy atom. The van der Waals surface area contributed by atoms with Gasteiger partial charge in [0.25, 0.3) is 0 Å². The Kier molecular flexibility index (Phi) is 8.32. The maximum Gasteiger partial charge on any atom is 0.239 e. The van der Waals surface area contributed by atoms with Crippen molar-refractivity contribution < 1.29 is 9.18 Å². The second-order valence-electron chi connectivity index (χ2n) is 9.20. The average molecular weight is 486 g/mol. The van der Waals surface area contributed by atoms with Crippen molar-refractivity contribution in [2.75, 3.05) is 44.6 Å². The zero-order chi connectivity index (χ0) is 25.5. The quantitative estimate of drug-likeness (QED) is 0.513. The number of carbonyl (C=O) groups is 1. The molecule has 0 spiro atoms. The Hall–Kier alpha value is -3.73. The van der Waals surface area contributed by atoms with E-state index < -0.39 is 0 Å². The standard InChI is InChI=1S/C29H32FN5O/c1-22-23(2)35(20-25-10-12-26(30)13-11-25)29(27(22)19-31)32-28(36)21-34-17-15-33(16-18-34)14-6-9-24-7-4-3-5-8-24/h3-13H,14-18,20-21H2,1-2H3,(H,32,36)/b9-6+. The van der Waals surface area contributed by atoms with Crippen LogP contribution in [0.4, 0.5) is 10.2 Å². The number of amides is 1. The van der Waals surface area contributed by atoms with E-state index in [1.807, 2.05) is 36.6 Å². The Morgan fingerprint density at radius 3 is 2.36 bits per heavy atom. The van der Waals surface area contributed by atoms with E-state index in [0.717, 1.165) is 49.5 Å². The van der Waals surface area contributed by atoms with Gasteiger partial charge in [0.05, 0.1) is 12.1 Å². The van der Waals surface area contributed by atoms with Gasteiger partial charge >= 0.3 is 0 Å². The van der Waals surface area contributed by atoms with Gasteiger partial charge in [-0.05, 0) is 42.7 Å². The number of nitriles is 1. The fourth-order valence-electron chi connectivity index (χ4n) is 4.51. The summed E-state index contributed by atoms with van der Waals surface area (Å²) in [5, 5.41) is 12.8. The third-order valence-electron chi connectivity index (χ3n) is 6.76. The van der Waals surface area contributed by atoms with Crippen LogP contribution < -0.4 is 5.32 Å². The first-order valence-electron chi connectivity index (χ1n) is 12.2. The minimum absolute atomic E-state index is 0.137. The number of halogens is 1. The van der Waals surface area contributed by atoms with Crippen LogP contribution in [0.3, 0.4) is 0 Å². The van der Waals surface area contributed by atoms with Gasteiger partial charge in [0.15, 0.2) is 0 Å². The highest BCUT2D eigenvalue weighted by Crippen LogP contribution is 2.27. The molecule has 36 heavy (non-hydrogen) atoms. The number of anilines is 1.